The van der Waals surface area contributed by atoms with Gasteiger partial charge in [0.25, 0.3) is 0 Å². The fourth-order valence-corrected chi connectivity index (χ4v) is 1.65. The van der Waals surface area contributed by atoms with Crippen LogP contribution in [0.3, 0.4) is 0 Å². The quantitative estimate of drug-likeness (QED) is 0.622. The molecule has 0 amide bonds. The molecule has 0 spiro atoms. The first-order chi connectivity index (χ1) is 5.77. The van der Waals surface area contributed by atoms with Gasteiger partial charge in [0, 0.05) is 0 Å². The number of Topliss-reactive ketones (excluding diaryl/α,β-unsaturated/α-hetero) is 1. The summed E-state index contributed by atoms with van der Waals surface area (Å²) < 4.78 is 4.90. The molecule has 0 aromatic heterocycles. The van der Waals surface area contributed by atoms with Crippen molar-refractivity contribution in [1.82, 2.24) is 0 Å². The second-order valence-corrected chi connectivity index (χ2v) is 3.86. The van der Waals surface area contributed by atoms with E-state index in [0.717, 1.165) is 6.42 Å². The van der Waals surface area contributed by atoms with Crippen LogP contribution >= 0.6 is 0 Å². The molecule has 68 valence electrons. The van der Waals surface area contributed by atoms with Crippen molar-refractivity contribution in [3.63, 3.8) is 0 Å². The third-order valence-corrected chi connectivity index (χ3v) is 2.83. The Morgan fingerprint density at radius 2 is 2.25 bits per heavy atom. The Labute approximate surface area is 72.3 Å². The van der Waals surface area contributed by atoms with Gasteiger partial charge in [-0.1, -0.05) is 19.3 Å². The Morgan fingerprint density at radius 1 is 1.58 bits per heavy atom. The van der Waals surface area contributed by atoms with E-state index in [9.17, 15) is 4.79 Å². The van der Waals surface area contributed by atoms with Gasteiger partial charge in [-0.15, -0.1) is 0 Å². The lowest BCUT2D eigenvalue weighted by Gasteiger charge is -2.27. The molecule has 2 rings (SSSR count). The minimum Gasteiger partial charge on any atom is -0.365 e. The molecule has 12 heavy (non-hydrogen) atoms. The highest BCUT2D eigenvalue weighted by Crippen LogP contribution is 2.30. The molecule has 2 fully saturated rings. The average molecular weight is 169 g/mol. The molecular formula is C9H15NO2. The van der Waals surface area contributed by atoms with Crippen LogP contribution in [0.5, 0.6) is 0 Å². The summed E-state index contributed by atoms with van der Waals surface area (Å²) in [7, 11) is 0. The highest BCUT2D eigenvalue weighted by molar-refractivity contribution is 5.89. The topological polar surface area (TPSA) is 55.6 Å². The standard InChI is InChI=1S/C9H15NO2/c10-7(4-6-2-1-3-6)9(11)8-5-12-8/h6-8H,1-5,10H2. The molecule has 0 radical (unpaired) electrons. The lowest BCUT2D eigenvalue weighted by atomic mass is 9.80. The van der Waals surface area contributed by atoms with Crippen molar-refractivity contribution >= 4 is 5.78 Å². The predicted molar refractivity (Wildman–Crippen MR) is 44.7 cm³/mol. The summed E-state index contributed by atoms with van der Waals surface area (Å²) in [5, 5.41) is 0. The fourth-order valence-electron chi connectivity index (χ4n) is 1.65. The molecule has 1 aliphatic carbocycles. The Morgan fingerprint density at radius 3 is 2.67 bits per heavy atom. The van der Waals surface area contributed by atoms with E-state index in [0.29, 0.717) is 12.5 Å². The van der Waals surface area contributed by atoms with E-state index in [1.807, 2.05) is 0 Å². The van der Waals surface area contributed by atoms with Crippen LogP contribution in [0.25, 0.3) is 0 Å². The summed E-state index contributed by atoms with van der Waals surface area (Å²) in [6, 6.07) is -0.261. The van der Waals surface area contributed by atoms with Crippen LogP contribution < -0.4 is 5.73 Å². The summed E-state index contributed by atoms with van der Waals surface area (Å²) in [6.45, 7) is 0.594. The van der Waals surface area contributed by atoms with Gasteiger partial charge in [0.15, 0.2) is 5.78 Å². The van der Waals surface area contributed by atoms with Gasteiger partial charge in [0.05, 0.1) is 12.6 Å². The zero-order valence-corrected chi connectivity index (χ0v) is 7.16. The summed E-state index contributed by atoms with van der Waals surface area (Å²) in [5.74, 6) is 0.824. The number of ether oxygens (including phenoxy) is 1. The molecule has 2 N–H and O–H groups in total. The van der Waals surface area contributed by atoms with Crippen molar-refractivity contribution in [1.29, 1.82) is 0 Å². The van der Waals surface area contributed by atoms with Crippen molar-refractivity contribution in [2.75, 3.05) is 6.61 Å². The molecule has 1 saturated heterocycles. The zero-order chi connectivity index (χ0) is 8.55. The zero-order valence-electron chi connectivity index (χ0n) is 7.16. The van der Waals surface area contributed by atoms with Gasteiger partial charge in [-0.3, -0.25) is 4.79 Å². The Hall–Kier alpha value is -0.410. The predicted octanol–water partition coefficient (Wildman–Crippen LogP) is 0.472. The van der Waals surface area contributed by atoms with Gasteiger partial charge in [-0.2, -0.15) is 0 Å². The van der Waals surface area contributed by atoms with Crippen LogP contribution in [0.1, 0.15) is 25.7 Å². The molecule has 2 aliphatic rings. The molecule has 3 nitrogen and oxygen atoms in total. The molecule has 1 aliphatic heterocycles. The molecule has 1 heterocycles. The van der Waals surface area contributed by atoms with Crippen LogP contribution in [0.15, 0.2) is 0 Å². The maximum Gasteiger partial charge on any atom is 0.180 e. The van der Waals surface area contributed by atoms with Crippen LogP contribution in [-0.2, 0) is 9.53 Å². The summed E-state index contributed by atoms with van der Waals surface area (Å²) in [4.78, 5) is 11.3. The van der Waals surface area contributed by atoms with Gasteiger partial charge in [0.2, 0.25) is 0 Å². The van der Waals surface area contributed by atoms with E-state index in [1.54, 1.807) is 0 Å². The number of epoxide rings is 1. The van der Waals surface area contributed by atoms with Crippen LogP contribution in [0, 0.1) is 5.92 Å². The largest absolute Gasteiger partial charge is 0.365 e. The van der Waals surface area contributed by atoms with Gasteiger partial charge < -0.3 is 10.5 Å². The summed E-state index contributed by atoms with van der Waals surface area (Å²) in [6.07, 6.45) is 4.54. The van der Waals surface area contributed by atoms with Gasteiger partial charge >= 0.3 is 0 Å². The van der Waals surface area contributed by atoms with Gasteiger partial charge in [-0.05, 0) is 12.3 Å². The molecule has 1 saturated carbocycles. The Bertz CT molecular complexity index is 185. The number of ketones is 1. The average Bonchev–Trinajstić information content (AvgIpc) is 2.77. The minimum absolute atomic E-state index is 0.113. The second-order valence-electron chi connectivity index (χ2n) is 3.86. The fraction of sp³-hybridized carbons (Fsp3) is 0.889. The van der Waals surface area contributed by atoms with E-state index in [2.05, 4.69) is 0 Å². The van der Waals surface area contributed by atoms with E-state index >= 15 is 0 Å². The third kappa shape index (κ3) is 1.67. The van der Waals surface area contributed by atoms with Crippen molar-refractivity contribution in [2.24, 2.45) is 11.7 Å². The summed E-state index contributed by atoms with van der Waals surface area (Å²) >= 11 is 0. The maximum atomic E-state index is 11.3. The number of carbonyl (C=O) groups excluding carboxylic acids is 1. The van der Waals surface area contributed by atoms with Crippen molar-refractivity contribution in [3.8, 4) is 0 Å². The lowest BCUT2D eigenvalue weighted by molar-refractivity contribution is -0.122. The van der Waals surface area contributed by atoms with Crippen molar-refractivity contribution in [2.45, 2.75) is 37.8 Å². The minimum atomic E-state index is -0.261. The van der Waals surface area contributed by atoms with Crippen LogP contribution in [-0.4, -0.2) is 24.5 Å². The van der Waals surface area contributed by atoms with Crippen molar-refractivity contribution < 1.29 is 9.53 Å². The lowest BCUT2D eigenvalue weighted by Crippen LogP contribution is -2.37. The van der Waals surface area contributed by atoms with E-state index in [-0.39, 0.29) is 17.9 Å². The van der Waals surface area contributed by atoms with E-state index < -0.39 is 0 Å². The number of carbonyl (C=O) groups is 1. The maximum absolute atomic E-state index is 11.3. The first-order valence-corrected chi connectivity index (χ1v) is 4.68. The first-order valence-electron chi connectivity index (χ1n) is 4.68. The molecule has 0 aromatic rings. The molecule has 2 unspecified atom stereocenters. The third-order valence-electron chi connectivity index (χ3n) is 2.83. The molecule has 2 atom stereocenters. The Balaban J connectivity index is 1.74. The highest BCUT2D eigenvalue weighted by atomic mass is 16.6. The monoisotopic (exact) mass is 169 g/mol. The molecule has 3 heteroatoms. The number of hydrogen-bond donors (Lipinski definition) is 1. The molecule has 0 bridgehead atoms. The SMILES string of the molecule is NC(CC1CCC1)C(=O)C1CO1. The van der Waals surface area contributed by atoms with E-state index in [1.165, 1.54) is 19.3 Å². The molecular weight excluding hydrogens is 154 g/mol. The first kappa shape index (κ1) is 8.20. The smallest absolute Gasteiger partial charge is 0.180 e. The van der Waals surface area contributed by atoms with Crippen LogP contribution in [0.2, 0.25) is 0 Å². The second kappa shape index (κ2) is 3.15. The Kier molecular flexibility index (Phi) is 2.15. The van der Waals surface area contributed by atoms with Crippen LogP contribution in [0.4, 0.5) is 0 Å². The number of rotatable bonds is 4. The number of nitrogens with two attached hydrogens (primary N) is 1. The number of hydrogen-bond acceptors (Lipinski definition) is 3. The molecule has 0 aromatic carbocycles. The highest BCUT2D eigenvalue weighted by Gasteiger charge is 2.36. The van der Waals surface area contributed by atoms with Crippen molar-refractivity contribution in [3.05, 3.63) is 0 Å². The van der Waals surface area contributed by atoms with E-state index in [4.69, 9.17) is 10.5 Å². The normalized spacial score (nSPS) is 30.9. The summed E-state index contributed by atoms with van der Waals surface area (Å²) in [5.41, 5.74) is 5.74. The van der Waals surface area contributed by atoms with Gasteiger partial charge in [-0.25, -0.2) is 0 Å². The van der Waals surface area contributed by atoms with Gasteiger partial charge in [0.1, 0.15) is 6.10 Å².